The van der Waals surface area contributed by atoms with Gasteiger partial charge in [-0.1, -0.05) is 19.3 Å². The van der Waals surface area contributed by atoms with Gasteiger partial charge in [-0.3, -0.25) is 14.4 Å². The SMILES string of the molecule is O=C1C=CC(C(=O)N2CCN(C(=O)C3CCCCC3)CC2)N=N1. The third-order valence-electron chi connectivity index (χ3n) is 4.81. The molecule has 124 valence electrons. The highest BCUT2D eigenvalue weighted by molar-refractivity contribution is 5.92. The average molecular weight is 318 g/mol. The summed E-state index contributed by atoms with van der Waals surface area (Å²) < 4.78 is 0. The molecule has 0 aromatic carbocycles. The topological polar surface area (TPSA) is 82.4 Å². The number of amides is 3. The molecule has 2 aliphatic heterocycles. The van der Waals surface area contributed by atoms with Crippen molar-refractivity contribution >= 4 is 17.7 Å². The predicted octanol–water partition coefficient (Wildman–Crippen LogP) is 1.15. The van der Waals surface area contributed by atoms with Crippen molar-refractivity contribution in [3.8, 4) is 0 Å². The normalized spacial score (nSPS) is 25.7. The fraction of sp³-hybridized carbons (Fsp3) is 0.688. The first kappa shape index (κ1) is 15.8. The van der Waals surface area contributed by atoms with Crippen LogP contribution in [0.5, 0.6) is 0 Å². The van der Waals surface area contributed by atoms with Gasteiger partial charge in [-0.15, -0.1) is 5.11 Å². The van der Waals surface area contributed by atoms with Crippen LogP contribution >= 0.6 is 0 Å². The molecule has 3 amide bonds. The largest absolute Gasteiger partial charge is 0.339 e. The van der Waals surface area contributed by atoms with Crippen molar-refractivity contribution in [3.63, 3.8) is 0 Å². The Bertz CT molecular complexity index is 528. The lowest BCUT2D eigenvalue weighted by atomic mass is 9.88. The van der Waals surface area contributed by atoms with E-state index >= 15 is 0 Å². The first-order valence-corrected chi connectivity index (χ1v) is 8.36. The van der Waals surface area contributed by atoms with E-state index < -0.39 is 11.9 Å². The van der Waals surface area contributed by atoms with Gasteiger partial charge in [0.1, 0.15) is 0 Å². The third-order valence-corrected chi connectivity index (χ3v) is 4.81. The lowest BCUT2D eigenvalue weighted by Crippen LogP contribution is -2.53. The number of carbonyl (C=O) groups excluding carboxylic acids is 3. The molecule has 0 aromatic rings. The summed E-state index contributed by atoms with van der Waals surface area (Å²) in [7, 11) is 0. The second-order valence-electron chi connectivity index (χ2n) is 6.34. The minimum Gasteiger partial charge on any atom is -0.339 e. The molecule has 0 bridgehead atoms. The van der Waals surface area contributed by atoms with E-state index in [4.69, 9.17) is 0 Å². The summed E-state index contributed by atoms with van der Waals surface area (Å²) in [5.41, 5.74) is 0. The quantitative estimate of drug-likeness (QED) is 0.766. The molecule has 2 fully saturated rings. The maximum atomic E-state index is 12.5. The summed E-state index contributed by atoms with van der Waals surface area (Å²) in [5.74, 6) is -0.161. The van der Waals surface area contributed by atoms with Gasteiger partial charge in [0.05, 0.1) is 0 Å². The van der Waals surface area contributed by atoms with Crippen molar-refractivity contribution in [2.24, 2.45) is 16.1 Å². The molecule has 1 saturated carbocycles. The zero-order chi connectivity index (χ0) is 16.2. The molecule has 7 heteroatoms. The van der Waals surface area contributed by atoms with Crippen molar-refractivity contribution in [3.05, 3.63) is 12.2 Å². The van der Waals surface area contributed by atoms with Gasteiger partial charge in [-0.2, -0.15) is 5.11 Å². The lowest BCUT2D eigenvalue weighted by molar-refractivity contribution is -0.143. The van der Waals surface area contributed by atoms with E-state index in [9.17, 15) is 14.4 Å². The molecule has 1 aliphatic carbocycles. The Morgan fingerprint density at radius 1 is 0.957 bits per heavy atom. The minimum atomic E-state index is -0.701. The first-order valence-electron chi connectivity index (χ1n) is 8.36. The minimum absolute atomic E-state index is 0.151. The number of azo groups is 1. The van der Waals surface area contributed by atoms with E-state index in [2.05, 4.69) is 10.2 Å². The van der Waals surface area contributed by atoms with Gasteiger partial charge in [0, 0.05) is 38.2 Å². The van der Waals surface area contributed by atoms with Crippen molar-refractivity contribution < 1.29 is 14.4 Å². The van der Waals surface area contributed by atoms with Crippen molar-refractivity contribution in [2.45, 2.75) is 38.1 Å². The Morgan fingerprint density at radius 3 is 2.13 bits per heavy atom. The molecule has 0 N–H and O–H groups in total. The molecule has 0 spiro atoms. The summed E-state index contributed by atoms with van der Waals surface area (Å²) in [5, 5.41) is 7.15. The average Bonchev–Trinajstić information content (AvgIpc) is 2.62. The van der Waals surface area contributed by atoms with E-state index in [0.29, 0.717) is 26.2 Å². The highest BCUT2D eigenvalue weighted by Crippen LogP contribution is 2.26. The second kappa shape index (κ2) is 7.02. The van der Waals surface area contributed by atoms with E-state index in [1.807, 2.05) is 4.90 Å². The Kier molecular flexibility index (Phi) is 4.83. The molecular formula is C16H22N4O3. The molecule has 7 nitrogen and oxygen atoms in total. The van der Waals surface area contributed by atoms with Gasteiger partial charge in [0.15, 0.2) is 6.04 Å². The smallest absolute Gasteiger partial charge is 0.287 e. The molecule has 3 aliphatic rings. The summed E-state index contributed by atoms with van der Waals surface area (Å²) >= 11 is 0. The molecular weight excluding hydrogens is 296 g/mol. The molecule has 1 unspecified atom stereocenters. The van der Waals surface area contributed by atoms with Crippen LogP contribution in [0.2, 0.25) is 0 Å². The number of piperazine rings is 1. The third kappa shape index (κ3) is 3.65. The van der Waals surface area contributed by atoms with Gasteiger partial charge >= 0.3 is 0 Å². The maximum absolute atomic E-state index is 12.5. The van der Waals surface area contributed by atoms with Crippen LogP contribution < -0.4 is 0 Å². The zero-order valence-electron chi connectivity index (χ0n) is 13.2. The fourth-order valence-corrected chi connectivity index (χ4v) is 3.44. The van der Waals surface area contributed by atoms with E-state index in [1.165, 1.54) is 18.6 Å². The number of hydrogen-bond donors (Lipinski definition) is 0. The number of nitrogens with zero attached hydrogens (tertiary/aromatic N) is 4. The van der Waals surface area contributed by atoms with Gasteiger partial charge in [0.2, 0.25) is 5.91 Å². The van der Waals surface area contributed by atoms with Crippen LogP contribution in [0.25, 0.3) is 0 Å². The van der Waals surface area contributed by atoms with Crippen LogP contribution in [0.1, 0.15) is 32.1 Å². The Labute approximate surface area is 135 Å². The van der Waals surface area contributed by atoms with Crippen LogP contribution in [0.3, 0.4) is 0 Å². The Balaban J connectivity index is 1.51. The highest BCUT2D eigenvalue weighted by Gasteiger charge is 2.31. The van der Waals surface area contributed by atoms with Crippen LogP contribution in [0.4, 0.5) is 0 Å². The summed E-state index contributed by atoms with van der Waals surface area (Å²) in [6.07, 6.45) is 8.28. The van der Waals surface area contributed by atoms with Crippen LogP contribution in [0, 0.1) is 5.92 Å². The molecule has 1 atom stereocenters. The fourth-order valence-electron chi connectivity index (χ4n) is 3.44. The Hall–Kier alpha value is -2.05. The monoisotopic (exact) mass is 318 g/mol. The highest BCUT2D eigenvalue weighted by atomic mass is 16.2. The molecule has 23 heavy (non-hydrogen) atoms. The van der Waals surface area contributed by atoms with E-state index in [-0.39, 0.29) is 17.7 Å². The van der Waals surface area contributed by atoms with E-state index in [1.54, 1.807) is 4.90 Å². The summed E-state index contributed by atoms with van der Waals surface area (Å²) in [6.45, 7) is 2.19. The maximum Gasteiger partial charge on any atom is 0.287 e. The standard InChI is InChI=1S/C16H22N4O3/c21-14-7-6-13(17-18-14)16(23)20-10-8-19(9-11-20)15(22)12-4-2-1-3-5-12/h6-7,12-13H,1-5,8-11H2. The molecule has 2 heterocycles. The van der Waals surface area contributed by atoms with Crippen LogP contribution in [-0.2, 0) is 14.4 Å². The second-order valence-corrected chi connectivity index (χ2v) is 6.34. The van der Waals surface area contributed by atoms with Gasteiger partial charge in [-0.25, -0.2) is 0 Å². The number of carbonyl (C=O) groups is 3. The van der Waals surface area contributed by atoms with Gasteiger partial charge in [-0.05, 0) is 18.9 Å². The number of hydrogen-bond acceptors (Lipinski definition) is 4. The molecule has 0 aromatic heterocycles. The van der Waals surface area contributed by atoms with E-state index in [0.717, 1.165) is 25.7 Å². The van der Waals surface area contributed by atoms with Crippen LogP contribution in [0.15, 0.2) is 22.4 Å². The predicted molar refractivity (Wildman–Crippen MR) is 82.5 cm³/mol. The van der Waals surface area contributed by atoms with Gasteiger partial charge in [0.25, 0.3) is 11.8 Å². The van der Waals surface area contributed by atoms with Crippen molar-refractivity contribution in [2.75, 3.05) is 26.2 Å². The zero-order valence-corrected chi connectivity index (χ0v) is 13.2. The molecule has 1 saturated heterocycles. The molecule has 0 radical (unpaired) electrons. The van der Waals surface area contributed by atoms with Crippen LogP contribution in [-0.4, -0.2) is 59.7 Å². The Morgan fingerprint density at radius 2 is 1.57 bits per heavy atom. The lowest BCUT2D eigenvalue weighted by Gasteiger charge is -2.37. The summed E-state index contributed by atoms with van der Waals surface area (Å²) in [4.78, 5) is 39.4. The first-order chi connectivity index (χ1) is 11.1. The van der Waals surface area contributed by atoms with Crippen molar-refractivity contribution in [1.29, 1.82) is 0 Å². The molecule has 3 rings (SSSR count). The van der Waals surface area contributed by atoms with Crippen molar-refractivity contribution in [1.82, 2.24) is 9.80 Å². The number of rotatable bonds is 2. The van der Waals surface area contributed by atoms with Gasteiger partial charge < -0.3 is 9.80 Å². The summed E-state index contributed by atoms with van der Waals surface area (Å²) in [6, 6.07) is -0.701.